The lowest BCUT2D eigenvalue weighted by molar-refractivity contribution is 0.112. The average molecular weight is 391 g/mol. The van der Waals surface area contributed by atoms with Crippen molar-refractivity contribution >= 4 is 17.9 Å². The number of nitrogens with one attached hydrogen (secondary N) is 1. The summed E-state index contributed by atoms with van der Waals surface area (Å²) in [5.41, 5.74) is 5.41. The van der Waals surface area contributed by atoms with Gasteiger partial charge in [-0.3, -0.25) is 4.79 Å². The Morgan fingerprint density at radius 1 is 0.966 bits per heavy atom. The molecule has 0 atom stereocenters. The van der Waals surface area contributed by atoms with Gasteiger partial charge in [-0.15, -0.1) is 0 Å². The summed E-state index contributed by atoms with van der Waals surface area (Å²) < 4.78 is 16.2. The van der Waals surface area contributed by atoms with E-state index in [1.165, 1.54) is 5.56 Å². The minimum atomic E-state index is 0.447. The molecule has 4 rings (SSSR count). The first-order valence-corrected chi connectivity index (χ1v) is 9.18. The molecule has 1 heterocycles. The van der Waals surface area contributed by atoms with Gasteiger partial charge in [-0.2, -0.15) is 0 Å². The Hall–Kier alpha value is -3.61. The molecule has 0 amide bonds. The van der Waals surface area contributed by atoms with Gasteiger partial charge in [0, 0.05) is 35.1 Å². The minimum Gasteiger partial charge on any atom is -0.493 e. The highest BCUT2D eigenvalue weighted by Gasteiger charge is 2.20. The lowest BCUT2D eigenvalue weighted by atomic mass is 9.89. The Bertz CT molecular complexity index is 1060. The monoisotopic (exact) mass is 391 g/mol. The molecule has 0 unspecified atom stereocenters. The van der Waals surface area contributed by atoms with E-state index in [0.717, 1.165) is 35.9 Å². The molecule has 7 nitrogen and oxygen atoms in total. The lowest BCUT2D eigenvalue weighted by Gasteiger charge is -2.20. The molecule has 0 aliphatic heterocycles. The van der Waals surface area contributed by atoms with Crippen molar-refractivity contribution in [3.63, 3.8) is 0 Å². The van der Waals surface area contributed by atoms with E-state index in [4.69, 9.17) is 19.2 Å². The number of carbonyl (C=O) groups excluding carboxylic acids is 1. The van der Waals surface area contributed by atoms with Crippen molar-refractivity contribution in [3.05, 3.63) is 53.2 Å². The van der Waals surface area contributed by atoms with Gasteiger partial charge in [-0.1, -0.05) is 12.1 Å². The van der Waals surface area contributed by atoms with Gasteiger partial charge < -0.3 is 19.5 Å². The van der Waals surface area contributed by atoms with Crippen molar-refractivity contribution in [2.45, 2.75) is 12.8 Å². The number of hydrogen-bond donors (Lipinski definition) is 1. The third kappa shape index (κ3) is 3.47. The van der Waals surface area contributed by atoms with Crippen LogP contribution >= 0.6 is 0 Å². The molecule has 1 aliphatic rings. The number of methoxy groups -OCH3 is 3. The van der Waals surface area contributed by atoms with Crippen molar-refractivity contribution in [3.8, 4) is 28.5 Å². The lowest BCUT2D eigenvalue weighted by Crippen LogP contribution is -2.09. The summed E-state index contributed by atoms with van der Waals surface area (Å²) in [5, 5.41) is 3.21. The number of nitrogens with zero attached hydrogens (tertiary/aromatic N) is 2. The fourth-order valence-corrected chi connectivity index (χ4v) is 3.54. The molecule has 29 heavy (non-hydrogen) atoms. The van der Waals surface area contributed by atoms with E-state index >= 15 is 0 Å². The molecule has 1 aliphatic carbocycles. The number of anilines is 2. The van der Waals surface area contributed by atoms with Crippen LogP contribution in [0.3, 0.4) is 0 Å². The normalized spacial score (nSPS) is 11.8. The van der Waals surface area contributed by atoms with Crippen LogP contribution in [-0.2, 0) is 12.8 Å². The van der Waals surface area contributed by atoms with Gasteiger partial charge in [0.2, 0.25) is 11.7 Å². The molecule has 0 bridgehead atoms. The van der Waals surface area contributed by atoms with E-state index in [-0.39, 0.29) is 0 Å². The molecule has 7 heteroatoms. The van der Waals surface area contributed by atoms with Crippen molar-refractivity contribution in [1.29, 1.82) is 0 Å². The predicted octanol–water partition coefficient (Wildman–Crippen LogP) is 3.82. The number of fused-ring (bicyclic) bond motifs is 3. The summed E-state index contributed by atoms with van der Waals surface area (Å²) in [5.74, 6) is 2.03. The number of carbonyl (C=O) groups is 1. The summed E-state index contributed by atoms with van der Waals surface area (Å²) in [7, 11) is 4.70. The van der Waals surface area contributed by atoms with Gasteiger partial charge in [-0.05, 0) is 30.0 Å². The largest absolute Gasteiger partial charge is 0.493 e. The number of aryl methyl sites for hydroxylation is 2. The van der Waals surface area contributed by atoms with Gasteiger partial charge in [0.15, 0.2) is 11.5 Å². The zero-order chi connectivity index (χ0) is 20.4. The maximum Gasteiger partial charge on any atom is 0.227 e. The van der Waals surface area contributed by atoms with Crippen LogP contribution < -0.4 is 19.5 Å². The Kier molecular flexibility index (Phi) is 5.03. The van der Waals surface area contributed by atoms with E-state index in [0.29, 0.717) is 34.4 Å². The second kappa shape index (κ2) is 7.79. The summed E-state index contributed by atoms with van der Waals surface area (Å²) in [6, 6.07) is 9.31. The zero-order valence-corrected chi connectivity index (χ0v) is 16.5. The van der Waals surface area contributed by atoms with Gasteiger partial charge in [0.25, 0.3) is 0 Å². The maximum atomic E-state index is 11.2. The van der Waals surface area contributed by atoms with Crippen molar-refractivity contribution < 1.29 is 19.0 Å². The Morgan fingerprint density at radius 2 is 1.69 bits per heavy atom. The van der Waals surface area contributed by atoms with Crippen LogP contribution in [0.2, 0.25) is 0 Å². The summed E-state index contributed by atoms with van der Waals surface area (Å²) in [6.45, 7) is 0. The molecule has 2 aromatic carbocycles. The minimum absolute atomic E-state index is 0.447. The van der Waals surface area contributed by atoms with Crippen LogP contribution in [-0.4, -0.2) is 37.6 Å². The van der Waals surface area contributed by atoms with Gasteiger partial charge in [0.05, 0.1) is 27.0 Å². The Labute approximate surface area is 168 Å². The highest BCUT2D eigenvalue weighted by molar-refractivity contribution is 5.81. The zero-order valence-electron chi connectivity index (χ0n) is 16.5. The third-order valence-corrected chi connectivity index (χ3v) is 4.97. The van der Waals surface area contributed by atoms with E-state index < -0.39 is 0 Å². The molecule has 0 spiro atoms. The number of rotatable bonds is 6. The van der Waals surface area contributed by atoms with Crippen molar-refractivity contribution in [2.75, 3.05) is 26.6 Å². The SMILES string of the molecule is COc1cc(Nc2ncc3c(n2)-c2cc(C=O)ccc2CC3)cc(OC)c1OC. The highest BCUT2D eigenvalue weighted by Crippen LogP contribution is 2.40. The molecule has 0 saturated carbocycles. The van der Waals surface area contributed by atoms with Gasteiger partial charge in [0.1, 0.15) is 6.29 Å². The van der Waals surface area contributed by atoms with E-state index in [1.54, 1.807) is 33.5 Å². The van der Waals surface area contributed by atoms with Crippen LogP contribution in [0.1, 0.15) is 21.5 Å². The second-order valence-corrected chi connectivity index (χ2v) is 6.64. The Balaban J connectivity index is 1.73. The van der Waals surface area contributed by atoms with Crippen molar-refractivity contribution in [2.24, 2.45) is 0 Å². The molecular formula is C22H21N3O4. The quantitative estimate of drug-likeness (QED) is 0.640. The van der Waals surface area contributed by atoms with Crippen LogP contribution in [0, 0.1) is 0 Å². The molecule has 0 radical (unpaired) electrons. The van der Waals surface area contributed by atoms with Crippen LogP contribution in [0.15, 0.2) is 36.5 Å². The molecule has 0 saturated heterocycles. The maximum absolute atomic E-state index is 11.2. The fraction of sp³-hybridized carbons (Fsp3) is 0.227. The third-order valence-electron chi connectivity index (χ3n) is 4.97. The first-order chi connectivity index (χ1) is 14.2. The van der Waals surface area contributed by atoms with Crippen LogP contribution in [0.5, 0.6) is 17.2 Å². The standard InChI is InChI=1S/C22H21N3O4/c1-27-18-9-16(10-19(28-2)21(18)29-3)24-22-23-11-15-7-6-14-5-4-13(12-26)8-17(14)20(15)25-22/h4-5,8-12H,6-7H2,1-3H3,(H,23,24,25). The molecule has 3 aromatic rings. The topological polar surface area (TPSA) is 82.6 Å². The predicted molar refractivity (Wildman–Crippen MR) is 110 cm³/mol. The molecule has 1 N–H and O–H groups in total. The van der Waals surface area contributed by atoms with E-state index in [1.807, 2.05) is 24.4 Å². The fourth-order valence-electron chi connectivity index (χ4n) is 3.54. The number of aromatic nitrogens is 2. The number of ether oxygens (including phenoxy) is 3. The molecule has 1 aromatic heterocycles. The van der Waals surface area contributed by atoms with Crippen LogP contribution in [0.25, 0.3) is 11.3 Å². The first kappa shape index (κ1) is 18.7. The van der Waals surface area contributed by atoms with Crippen LogP contribution in [0.4, 0.5) is 11.6 Å². The summed E-state index contributed by atoms with van der Waals surface area (Å²) in [6.07, 6.45) is 4.46. The Morgan fingerprint density at radius 3 is 2.34 bits per heavy atom. The summed E-state index contributed by atoms with van der Waals surface area (Å²) >= 11 is 0. The van der Waals surface area contributed by atoms with Crippen molar-refractivity contribution in [1.82, 2.24) is 9.97 Å². The smallest absolute Gasteiger partial charge is 0.227 e. The molecule has 0 fully saturated rings. The summed E-state index contributed by atoms with van der Waals surface area (Å²) in [4.78, 5) is 20.4. The number of aldehydes is 1. The average Bonchev–Trinajstić information content (AvgIpc) is 2.77. The van der Waals surface area contributed by atoms with E-state index in [9.17, 15) is 4.79 Å². The number of hydrogen-bond acceptors (Lipinski definition) is 7. The number of benzene rings is 2. The highest BCUT2D eigenvalue weighted by atomic mass is 16.5. The molecule has 148 valence electrons. The second-order valence-electron chi connectivity index (χ2n) is 6.64. The first-order valence-electron chi connectivity index (χ1n) is 9.18. The molecular weight excluding hydrogens is 370 g/mol. The van der Waals surface area contributed by atoms with Gasteiger partial charge in [-0.25, -0.2) is 9.97 Å². The van der Waals surface area contributed by atoms with E-state index in [2.05, 4.69) is 10.3 Å². The van der Waals surface area contributed by atoms with Gasteiger partial charge >= 0.3 is 0 Å².